The van der Waals surface area contributed by atoms with E-state index in [1.54, 1.807) is 18.4 Å². The zero-order chi connectivity index (χ0) is 16.7. The molecule has 6 heteroatoms. The van der Waals surface area contributed by atoms with Gasteiger partial charge in [-0.1, -0.05) is 15.9 Å². The molecule has 4 nitrogen and oxygen atoms in total. The molecule has 24 heavy (non-hydrogen) atoms. The lowest BCUT2D eigenvalue weighted by molar-refractivity contribution is 0.414. The zero-order valence-corrected chi connectivity index (χ0v) is 15.5. The van der Waals surface area contributed by atoms with Gasteiger partial charge in [0.05, 0.1) is 12.5 Å². The molecule has 1 aromatic carbocycles. The highest BCUT2D eigenvalue weighted by molar-refractivity contribution is 9.10. The van der Waals surface area contributed by atoms with Crippen molar-refractivity contribution in [2.75, 3.05) is 7.11 Å². The molecule has 0 atom stereocenters. The zero-order valence-electron chi connectivity index (χ0n) is 13.1. The number of nitrogens with zero attached hydrogens (tertiary/aromatic N) is 1. The molecule has 2 aromatic heterocycles. The normalized spacial score (nSPS) is 13.8. The van der Waals surface area contributed by atoms with Gasteiger partial charge in [-0.3, -0.25) is 4.79 Å². The Bertz CT molecular complexity index is 1020. The fraction of sp³-hybridized carbons (Fsp3) is 0.222. The number of benzene rings is 1. The van der Waals surface area contributed by atoms with Gasteiger partial charge in [-0.15, -0.1) is 11.3 Å². The molecule has 1 aliphatic carbocycles. The Labute approximate surface area is 151 Å². The molecule has 0 fully saturated rings. The quantitative estimate of drug-likeness (QED) is 0.705. The van der Waals surface area contributed by atoms with Gasteiger partial charge in [-0.05, 0) is 55.2 Å². The van der Waals surface area contributed by atoms with E-state index in [0.717, 1.165) is 45.3 Å². The van der Waals surface area contributed by atoms with Crippen molar-refractivity contribution in [1.29, 1.82) is 0 Å². The van der Waals surface area contributed by atoms with Gasteiger partial charge in [-0.25, -0.2) is 4.98 Å². The van der Waals surface area contributed by atoms with Gasteiger partial charge in [0.2, 0.25) is 0 Å². The summed E-state index contributed by atoms with van der Waals surface area (Å²) >= 11 is 5.11. The average Bonchev–Trinajstić information content (AvgIpc) is 3.13. The highest BCUT2D eigenvalue weighted by atomic mass is 79.9. The number of aromatic nitrogens is 2. The summed E-state index contributed by atoms with van der Waals surface area (Å²) in [5.74, 6) is 1.34. The van der Waals surface area contributed by atoms with Crippen LogP contribution < -0.4 is 10.3 Å². The van der Waals surface area contributed by atoms with Gasteiger partial charge in [0.25, 0.3) is 5.56 Å². The molecule has 2 heterocycles. The molecule has 1 N–H and O–H groups in total. The first-order chi connectivity index (χ1) is 11.7. The highest BCUT2D eigenvalue weighted by Gasteiger charge is 2.20. The standard InChI is InChI=1S/C18H15BrN2O2S/c1-23-13-7-6-11(19)9-10(13)5-8-15-20-17(22)16-12-3-2-4-14(12)24-18(16)21-15/h5-9H,2-4H2,1H3,(H,20,21,22)/b8-5+. The van der Waals surface area contributed by atoms with Crippen LogP contribution in [0.15, 0.2) is 27.5 Å². The first-order valence-electron chi connectivity index (χ1n) is 7.72. The van der Waals surface area contributed by atoms with Crippen molar-refractivity contribution in [2.24, 2.45) is 0 Å². The number of fused-ring (bicyclic) bond motifs is 3. The van der Waals surface area contributed by atoms with Crippen LogP contribution in [0.5, 0.6) is 5.75 Å². The van der Waals surface area contributed by atoms with Crippen molar-refractivity contribution < 1.29 is 4.74 Å². The van der Waals surface area contributed by atoms with Crippen LogP contribution in [0.3, 0.4) is 0 Å². The van der Waals surface area contributed by atoms with Gasteiger partial charge in [0.15, 0.2) is 0 Å². The summed E-state index contributed by atoms with van der Waals surface area (Å²) in [6.45, 7) is 0. The van der Waals surface area contributed by atoms with E-state index < -0.39 is 0 Å². The summed E-state index contributed by atoms with van der Waals surface area (Å²) in [5, 5.41) is 0.782. The Morgan fingerprint density at radius 2 is 2.21 bits per heavy atom. The molecule has 1 aliphatic rings. The summed E-state index contributed by atoms with van der Waals surface area (Å²) < 4.78 is 6.33. The summed E-state index contributed by atoms with van der Waals surface area (Å²) in [6.07, 6.45) is 6.91. The number of H-pyrrole nitrogens is 1. The monoisotopic (exact) mass is 402 g/mol. The van der Waals surface area contributed by atoms with E-state index in [2.05, 4.69) is 25.9 Å². The lowest BCUT2D eigenvalue weighted by Gasteiger charge is -2.04. The van der Waals surface area contributed by atoms with Crippen LogP contribution >= 0.6 is 27.3 Å². The van der Waals surface area contributed by atoms with Crippen molar-refractivity contribution >= 4 is 49.6 Å². The molecule has 0 unspecified atom stereocenters. The molecule has 4 rings (SSSR count). The molecule has 122 valence electrons. The van der Waals surface area contributed by atoms with Gasteiger partial charge in [-0.2, -0.15) is 0 Å². The number of methoxy groups -OCH3 is 1. The topological polar surface area (TPSA) is 55.0 Å². The fourth-order valence-electron chi connectivity index (χ4n) is 3.10. The molecule has 0 radical (unpaired) electrons. The first-order valence-corrected chi connectivity index (χ1v) is 9.33. The second-order valence-electron chi connectivity index (χ2n) is 5.71. The molecule has 0 saturated heterocycles. The lowest BCUT2D eigenvalue weighted by atomic mass is 10.2. The van der Waals surface area contributed by atoms with Crippen LogP contribution in [0, 0.1) is 0 Å². The molecule has 3 aromatic rings. The maximum Gasteiger partial charge on any atom is 0.260 e. The second-order valence-corrected chi connectivity index (χ2v) is 7.71. The third-order valence-electron chi connectivity index (χ3n) is 4.21. The van der Waals surface area contributed by atoms with E-state index in [4.69, 9.17) is 4.74 Å². The maximum absolute atomic E-state index is 12.5. The minimum Gasteiger partial charge on any atom is -0.496 e. The van der Waals surface area contributed by atoms with Crippen LogP contribution in [0.2, 0.25) is 0 Å². The Morgan fingerprint density at radius 1 is 1.33 bits per heavy atom. The fourth-order valence-corrected chi connectivity index (χ4v) is 4.75. The smallest absolute Gasteiger partial charge is 0.260 e. The average molecular weight is 403 g/mol. The van der Waals surface area contributed by atoms with Crippen LogP contribution in [-0.4, -0.2) is 17.1 Å². The lowest BCUT2D eigenvalue weighted by Crippen LogP contribution is -2.09. The van der Waals surface area contributed by atoms with Crippen molar-refractivity contribution in [2.45, 2.75) is 19.3 Å². The van der Waals surface area contributed by atoms with Gasteiger partial charge < -0.3 is 9.72 Å². The van der Waals surface area contributed by atoms with Crippen molar-refractivity contribution in [3.63, 3.8) is 0 Å². The third-order valence-corrected chi connectivity index (χ3v) is 5.88. The van der Waals surface area contributed by atoms with E-state index in [1.165, 1.54) is 10.4 Å². The SMILES string of the molecule is COc1ccc(Br)cc1/C=C/c1nc2sc3c(c2c(=O)[nH]1)CCC3. The van der Waals surface area contributed by atoms with E-state index >= 15 is 0 Å². The Balaban J connectivity index is 1.75. The summed E-state index contributed by atoms with van der Waals surface area (Å²) in [4.78, 5) is 22.1. The molecule has 0 aliphatic heterocycles. The molecule has 0 amide bonds. The number of hydrogen-bond acceptors (Lipinski definition) is 4. The molecule has 0 saturated carbocycles. The Kier molecular flexibility index (Phi) is 4.02. The molecule has 0 spiro atoms. The minimum atomic E-state index is -0.0414. The van der Waals surface area contributed by atoms with Crippen LogP contribution in [0.4, 0.5) is 0 Å². The van der Waals surface area contributed by atoms with Gasteiger partial charge >= 0.3 is 0 Å². The van der Waals surface area contributed by atoms with Crippen molar-refractivity contribution in [3.8, 4) is 5.75 Å². The van der Waals surface area contributed by atoms with E-state index in [9.17, 15) is 4.79 Å². The third kappa shape index (κ3) is 2.70. The number of nitrogens with one attached hydrogen (secondary N) is 1. The van der Waals surface area contributed by atoms with Crippen LogP contribution in [-0.2, 0) is 12.8 Å². The highest BCUT2D eigenvalue weighted by Crippen LogP contribution is 2.34. The summed E-state index contributed by atoms with van der Waals surface area (Å²) in [6, 6.07) is 5.79. The van der Waals surface area contributed by atoms with Crippen LogP contribution in [0.25, 0.3) is 22.4 Å². The summed E-state index contributed by atoms with van der Waals surface area (Å²) in [5.41, 5.74) is 2.08. The number of ether oxygens (including phenoxy) is 1. The number of aromatic amines is 1. The van der Waals surface area contributed by atoms with E-state index in [1.807, 2.05) is 30.4 Å². The van der Waals surface area contributed by atoms with Gasteiger partial charge in [0.1, 0.15) is 16.4 Å². The Hall–Kier alpha value is -1.92. The second kappa shape index (κ2) is 6.18. The number of halogens is 1. The number of aryl methyl sites for hydroxylation is 2. The predicted octanol–water partition coefficient (Wildman–Crippen LogP) is 4.41. The largest absolute Gasteiger partial charge is 0.496 e. The molecular weight excluding hydrogens is 388 g/mol. The maximum atomic E-state index is 12.5. The predicted molar refractivity (Wildman–Crippen MR) is 102 cm³/mol. The minimum absolute atomic E-state index is 0.0414. The number of rotatable bonds is 3. The van der Waals surface area contributed by atoms with E-state index in [0.29, 0.717) is 5.82 Å². The van der Waals surface area contributed by atoms with Gasteiger partial charge in [0, 0.05) is 14.9 Å². The van der Waals surface area contributed by atoms with Crippen LogP contribution in [0.1, 0.15) is 28.2 Å². The molecular formula is C18H15BrN2O2S. The Morgan fingerprint density at radius 3 is 3.04 bits per heavy atom. The van der Waals surface area contributed by atoms with E-state index in [-0.39, 0.29) is 5.56 Å². The van der Waals surface area contributed by atoms with Crippen molar-refractivity contribution in [1.82, 2.24) is 9.97 Å². The van der Waals surface area contributed by atoms with Crippen molar-refractivity contribution in [3.05, 3.63) is 54.9 Å². The summed E-state index contributed by atoms with van der Waals surface area (Å²) in [7, 11) is 1.64. The number of thiophene rings is 1. The first kappa shape index (κ1) is 15.6. The number of hydrogen-bond donors (Lipinski definition) is 1. The molecule has 0 bridgehead atoms.